The van der Waals surface area contributed by atoms with E-state index < -0.39 is 24.3 Å². The van der Waals surface area contributed by atoms with Crippen molar-refractivity contribution < 1.29 is 23.5 Å². The maximum atomic E-state index is 13.4. The second-order valence-corrected chi connectivity index (χ2v) is 6.64. The Morgan fingerprint density at radius 3 is 2.50 bits per heavy atom. The lowest BCUT2D eigenvalue weighted by Crippen LogP contribution is -2.34. The number of nitrogens with one attached hydrogen (secondary N) is 1. The van der Waals surface area contributed by atoms with Crippen molar-refractivity contribution in [3.05, 3.63) is 65.1 Å². The highest BCUT2D eigenvalue weighted by molar-refractivity contribution is 5.96. The van der Waals surface area contributed by atoms with Crippen molar-refractivity contribution in [2.45, 2.75) is 31.2 Å². The van der Waals surface area contributed by atoms with E-state index in [1.54, 1.807) is 30.3 Å². The molecular weight excluding hydrogens is 370 g/mol. The molecule has 0 radical (unpaired) electrons. The zero-order chi connectivity index (χ0) is 19.8. The van der Waals surface area contributed by atoms with Crippen LogP contribution in [0.3, 0.4) is 0 Å². The number of alkyl halides is 2. The molecule has 28 heavy (non-hydrogen) atoms. The molecule has 0 bridgehead atoms. The SMILES string of the molecule is O=C(NC(C(=O)O)c1ccccc1)c1cc2nc(C3CC3)cc(C(F)F)n2n1. The van der Waals surface area contributed by atoms with Crippen molar-refractivity contribution in [1.29, 1.82) is 0 Å². The topological polar surface area (TPSA) is 96.6 Å². The van der Waals surface area contributed by atoms with Gasteiger partial charge in [0.15, 0.2) is 17.4 Å². The first-order valence-corrected chi connectivity index (χ1v) is 8.71. The van der Waals surface area contributed by atoms with Gasteiger partial charge >= 0.3 is 5.97 Å². The Balaban J connectivity index is 1.67. The van der Waals surface area contributed by atoms with Crippen LogP contribution in [0.1, 0.15) is 58.7 Å². The number of carboxylic acids is 1. The summed E-state index contributed by atoms with van der Waals surface area (Å²) in [5.74, 6) is -1.87. The zero-order valence-electron chi connectivity index (χ0n) is 14.5. The number of aliphatic carboxylic acids is 1. The smallest absolute Gasteiger partial charge is 0.330 e. The molecule has 7 nitrogen and oxygen atoms in total. The molecule has 2 N–H and O–H groups in total. The van der Waals surface area contributed by atoms with Gasteiger partial charge in [0.05, 0.1) is 0 Å². The Bertz CT molecular complexity index is 1050. The number of carbonyl (C=O) groups is 2. The summed E-state index contributed by atoms with van der Waals surface area (Å²) in [6.07, 6.45) is -0.995. The van der Waals surface area contributed by atoms with Gasteiger partial charge in [0, 0.05) is 17.7 Å². The molecule has 4 rings (SSSR count). The third kappa shape index (κ3) is 3.42. The third-order valence-corrected chi connectivity index (χ3v) is 4.58. The van der Waals surface area contributed by atoms with Crippen LogP contribution in [0.2, 0.25) is 0 Å². The summed E-state index contributed by atoms with van der Waals surface area (Å²) < 4.78 is 27.8. The monoisotopic (exact) mass is 386 g/mol. The first-order valence-electron chi connectivity index (χ1n) is 8.71. The number of halogens is 2. The van der Waals surface area contributed by atoms with Crippen molar-refractivity contribution in [2.24, 2.45) is 0 Å². The highest BCUT2D eigenvalue weighted by atomic mass is 19.3. The Labute approximate surface area is 158 Å². The molecule has 1 aliphatic rings. The van der Waals surface area contributed by atoms with Gasteiger partial charge in [-0.3, -0.25) is 4.79 Å². The highest BCUT2D eigenvalue weighted by Gasteiger charge is 2.29. The van der Waals surface area contributed by atoms with Gasteiger partial charge in [-0.25, -0.2) is 23.1 Å². The normalized spacial score (nSPS) is 15.0. The van der Waals surface area contributed by atoms with Crippen molar-refractivity contribution in [3.8, 4) is 0 Å². The van der Waals surface area contributed by atoms with Crippen LogP contribution in [0, 0.1) is 0 Å². The van der Waals surface area contributed by atoms with Crippen molar-refractivity contribution in [2.75, 3.05) is 0 Å². The van der Waals surface area contributed by atoms with Crippen LogP contribution in [-0.4, -0.2) is 31.6 Å². The standard InChI is InChI=1S/C19H16F2N4O3/c20-17(21)14-8-12(10-6-7-10)22-15-9-13(24-25(14)15)18(26)23-16(19(27)28)11-4-2-1-3-5-11/h1-5,8-10,16-17H,6-7H2,(H,23,26)(H,27,28). The molecule has 2 heterocycles. The van der Waals surface area contributed by atoms with Crippen LogP contribution in [0.25, 0.3) is 5.65 Å². The van der Waals surface area contributed by atoms with Gasteiger partial charge in [0.1, 0.15) is 5.69 Å². The average molecular weight is 386 g/mol. The van der Waals surface area contributed by atoms with Crippen molar-refractivity contribution in [3.63, 3.8) is 0 Å². The summed E-state index contributed by atoms with van der Waals surface area (Å²) in [4.78, 5) is 28.4. The van der Waals surface area contributed by atoms with E-state index in [2.05, 4.69) is 15.4 Å². The summed E-state index contributed by atoms with van der Waals surface area (Å²) in [7, 11) is 0. The molecule has 9 heteroatoms. The van der Waals surface area contributed by atoms with E-state index in [1.807, 2.05) is 0 Å². The van der Waals surface area contributed by atoms with Gasteiger partial charge in [0.2, 0.25) is 0 Å². The predicted octanol–water partition coefficient (Wildman–Crippen LogP) is 3.10. The Hall–Kier alpha value is -3.36. The summed E-state index contributed by atoms with van der Waals surface area (Å²) in [5, 5.41) is 15.7. The Kier molecular flexibility index (Phi) is 4.50. The van der Waals surface area contributed by atoms with Gasteiger partial charge in [-0.15, -0.1) is 0 Å². The largest absolute Gasteiger partial charge is 0.479 e. The quantitative estimate of drug-likeness (QED) is 0.679. The lowest BCUT2D eigenvalue weighted by atomic mass is 10.1. The Morgan fingerprint density at radius 1 is 1.18 bits per heavy atom. The second kappa shape index (κ2) is 6.99. The number of hydrogen-bond acceptors (Lipinski definition) is 4. The molecule has 1 saturated carbocycles. The van der Waals surface area contributed by atoms with E-state index >= 15 is 0 Å². The summed E-state index contributed by atoms with van der Waals surface area (Å²) in [5.41, 5.74) is 0.557. The number of hydrogen-bond donors (Lipinski definition) is 2. The molecule has 144 valence electrons. The zero-order valence-corrected chi connectivity index (χ0v) is 14.5. The van der Waals surface area contributed by atoms with E-state index in [4.69, 9.17) is 0 Å². The molecule has 1 aliphatic carbocycles. The molecule has 1 atom stereocenters. The number of amides is 1. The lowest BCUT2D eigenvalue weighted by molar-refractivity contribution is -0.139. The first kappa shape index (κ1) is 18.0. The maximum Gasteiger partial charge on any atom is 0.330 e. The summed E-state index contributed by atoms with van der Waals surface area (Å²) >= 11 is 0. The molecule has 1 amide bonds. The van der Waals surface area contributed by atoms with Gasteiger partial charge < -0.3 is 10.4 Å². The molecule has 2 aromatic heterocycles. The van der Waals surface area contributed by atoms with Crippen LogP contribution in [0.5, 0.6) is 0 Å². The minimum atomic E-state index is -2.78. The van der Waals surface area contributed by atoms with Crippen LogP contribution >= 0.6 is 0 Å². The predicted molar refractivity (Wildman–Crippen MR) is 94.2 cm³/mol. The summed E-state index contributed by atoms with van der Waals surface area (Å²) in [6, 6.07) is 9.48. The second-order valence-electron chi connectivity index (χ2n) is 6.64. The number of carbonyl (C=O) groups excluding carboxylic acids is 1. The molecule has 3 aromatic rings. The summed E-state index contributed by atoms with van der Waals surface area (Å²) in [6.45, 7) is 0. The van der Waals surface area contributed by atoms with E-state index in [1.165, 1.54) is 12.1 Å². The van der Waals surface area contributed by atoms with Gasteiger partial charge in [-0.1, -0.05) is 30.3 Å². The Morgan fingerprint density at radius 2 is 1.89 bits per heavy atom. The molecule has 1 fully saturated rings. The minimum absolute atomic E-state index is 0.136. The van der Waals surface area contributed by atoms with Gasteiger partial charge in [-0.05, 0) is 24.5 Å². The number of aromatic nitrogens is 3. The molecular formula is C19H16F2N4O3. The van der Waals surface area contributed by atoms with E-state index in [9.17, 15) is 23.5 Å². The average Bonchev–Trinajstić information content (AvgIpc) is 3.44. The maximum absolute atomic E-state index is 13.4. The van der Waals surface area contributed by atoms with Gasteiger partial charge in [-0.2, -0.15) is 5.10 Å². The number of benzene rings is 1. The minimum Gasteiger partial charge on any atom is -0.479 e. The molecule has 0 saturated heterocycles. The van der Waals surface area contributed by atoms with Gasteiger partial charge in [0.25, 0.3) is 12.3 Å². The number of rotatable bonds is 6. The van der Waals surface area contributed by atoms with Crippen LogP contribution in [-0.2, 0) is 4.79 Å². The number of carboxylic acid groups (broad SMARTS) is 1. The van der Waals surface area contributed by atoms with Crippen molar-refractivity contribution >= 4 is 17.5 Å². The molecule has 0 spiro atoms. The highest BCUT2D eigenvalue weighted by Crippen LogP contribution is 2.40. The third-order valence-electron chi connectivity index (χ3n) is 4.58. The fourth-order valence-electron chi connectivity index (χ4n) is 3.01. The van der Waals surface area contributed by atoms with Crippen LogP contribution < -0.4 is 5.32 Å². The van der Waals surface area contributed by atoms with Crippen LogP contribution in [0.15, 0.2) is 42.5 Å². The fourth-order valence-corrected chi connectivity index (χ4v) is 3.01. The number of fused-ring (bicyclic) bond motifs is 1. The first-order chi connectivity index (χ1) is 13.4. The lowest BCUT2D eigenvalue weighted by Gasteiger charge is -2.13. The number of nitrogens with zero attached hydrogens (tertiary/aromatic N) is 3. The fraction of sp³-hybridized carbons (Fsp3) is 0.263. The molecule has 1 aromatic carbocycles. The molecule has 0 aliphatic heterocycles. The van der Waals surface area contributed by atoms with E-state index in [0.717, 1.165) is 17.4 Å². The van der Waals surface area contributed by atoms with Crippen molar-refractivity contribution in [1.82, 2.24) is 19.9 Å². The van der Waals surface area contributed by atoms with E-state index in [0.29, 0.717) is 11.3 Å². The van der Waals surface area contributed by atoms with E-state index in [-0.39, 0.29) is 23.0 Å². The molecule has 1 unspecified atom stereocenters. The van der Waals surface area contributed by atoms with Crippen LogP contribution in [0.4, 0.5) is 8.78 Å².